The van der Waals surface area contributed by atoms with Crippen molar-refractivity contribution in [1.29, 1.82) is 0 Å². The van der Waals surface area contributed by atoms with Crippen LogP contribution in [0, 0.1) is 0 Å². The molecule has 0 aromatic carbocycles. The summed E-state index contributed by atoms with van der Waals surface area (Å²) >= 11 is 1.22. The number of aromatic nitrogens is 2. The summed E-state index contributed by atoms with van der Waals surface area (Å²) in [5.41, 5.74) is 5.84. The van der Waals surface area contributed by atoms with E-state index >= 15 is 0 Å². The summed E-state index contributed by atoms with van der Waals surface area (Å²) in [5.74, 6) is 0. The summed E-state index contributed by atoms with van der Waals surface area (Å²) in [6.07, 6.45) is 1.53. The number of nitrogens with one attached hydrogen (secondary N) is 1. The molecule has 0 bridgehead atoms. The molecule has 0 saturated heterocycles. The highest BCUT2D eigenvalue weighted by Gasteiger charge is 2.00. The van der Waals surface area contributed by atoms with Crippen LogP contribution in [0.5, 0.6) is 0 Å². The highest BCUT2D eigenvalue weighted by Crippen LogP contribution is 2.12. The van der Waals surface area contributed by atoms with E-state index in [2.05, 4.69) is 9.36 Å². The fraction of sp³-hybridized carbons (Fsp3) is 0. The Hall–Kier alpha value is -1.36. The number of H-pyrrole nitrogens is 1. The Balaban J connectivity index is 2.99. The van der Waals surface area contributed by atoms with Crippen molar-refractivity contribution >= 4 is 27.4 Å². The number of anilines is 1. The molecule has 0 aliphatic carbocycles. The first-order chi connectivity index (χ1) is 5.27. The predicted molar refractivity (Wildman–Crippen MR) is 44.7 cm³/mol. The van der Waals surface area contributed by atoms with E-state index in [0.29, 0.717) is 15.9 Å². The number of nitrogens with two attached hydrogens (primary N) is 1. The normalized spacial score (nSPS) is 10.5. The van der Waals surface area contributed by atoms with Crippen LogP contribution in [0.3, 0.4) is 0 Å². The van der Waals surface area contributed by atoms with Gasteiger partial charge in [0.2, 0.25) is 0 Å². The number of fused-ring (bicyclic) bond motifs is 1. The van der Waals surface area contributed by atoms with Gasteiger partial charge in [-0.3, -0.25) is 9.17 Å². The molecule has 11 heavy (non-hydrogen) atoms. The molecular formula is C6H5N3OS. The maximum Gasteiger partial charge on any atom is 0.267 e. The molecule has 0 spiro atoms. The zero-order valence-electron chi connectivity index (χ0n) is 5.50. The van der Waals surface area contributed by atoms with Crippen LogP contribution >= 0.6 is 11.5 Å². The summed E-state index contributed by atoms with van der Waals surface area (Å²) in [6.45, 7) is 0. The zero-order valence-corrected chi connectivity index (χ0v) is 6.31. The van der Waals surface area contributed by atoms with Crippen molar-refractivity contribution < 1.29 is 0 Å². The summed E-state index contributed by atoms with van der Waals surface area (Å²) < 4.78 is 2.57. The lowest BCUT2D eigenvalue weighted by molar-refractivity contribution is 1.43. The minimum absolute atomic E-state index is 0.121. The Bertz CT molecular complexity index is 444. The number of rotatable bonds is 0. The van der Waals surface area contributed by atoms with Crippen LogP contribution in [-0.4, -0.2) is 9.36 Å². The third-order valence-electron chi connectivity index (χ3n) is 1.36. The van der Waals surface area contributed by atoms with E-state index in [9.17, 15) is 4.79 Å². The molecule has 0 atom stereocenters. The van der Waals surface area contributed by atoms with Crippen molar-refractivity contribution in [2.75, 3.05) is 5.73 Å². The van der Waals surface area contributed by atoms with Crippen LogP contribution in [0.1, 0.15) is 0 Å². The molecule has 0 fully saturated rings. The van der Waals surface area contributed by atoms with Gasteiger partial charge in [-0.05, 0) is 17.6 Å². The van der Waals surface area contributed by atoms with Gasteiger partial charge >= 0.3 is 0 Å². The summed E-state index contributed by atoms with van der Waals surface area (Å²) in [7, 11) is 0. The van der Waals surface area contributed by atoms with Crippen molar-refractivity contribution in [1.82, 2.24) is 9.36 Å². The number of aromatic amines is 1. The van der Waals surface area contributed by atoms with E-state index in [4.69, 9.17) is 5.73 Å². The Morgan fingerprint density at radius 3 is 3.27 bits per heavy atom. The molecule has 2 heterocycles. The zero-order chi connectivity index (χ0) is 7.84. The monoisotopic (exact) mass is 167 g/mol. The van der Waals surface area contributed by atoms with Gasteiger partial charge in [0.1, 0.15) is 4.83 Å². The quantitative estimate of drug-likeness (QED) is 0.602. The maximum absolute atomic E-state index is 11.0. The predicted octanol–water partition coefficient (Wildman–Crippen LogP) is 0.567. The van der Waals surface area contributed by atoms with Crippen molar-refractivity contribution in [3.63, 3.8) is 0 Å². The fourth-order valence-corrected chi connectivity index (χ4v) is 1.53. The van der Waals surface area contributed by atoms with Crippen LogP contribution in [-0.2, 0) is 0 Å². The van der Waals surface area contributed by atoms with Crippen molar-refractivity contribution in [3.8, 4) is 0 Å². The van der Waals surface area contributed by atoms with Crippen LogP contribution in [0.25, 0.3) is 10.2 Å². The number of pyridine rings is 1. The molecule has 3 N–H and O–H groups in total. The molecule has 0 radical (unpaired) electrons. The first-order valence-corrected chi connectivity index (χ1v) is 3.82. The van der Waals surface area contributed by atoms with Crippen molar-refractivity contribution in [2.24, 2.45) is 0 Å². The topological polar surface area (TPSA) is 71.8 Å². The van der Waals surface area contributed by atoms with Gasteiger partial charge in [-0.15, -0.1) is 0 Å². The molecule has 2 aromatic heterocycles. The number of hydrogen-bond donors (Lipinski definition) is 2. The lowest BCUT2D eigenvalue weighted by Gasteiger charge is -1.88. The van der Waals surface area contributed by atoms with Crippen molar-refractivity contribution in [3.05, 3.63) is 22.6 Å². The van der Waals surface area contributed by atoms with Crippen LogP contribution < -0.4 is 11.3 Å². The Morgan fingerprint density at radius 1 is 1.64 bits per heavy atom. The largest absolute Gasteiger partial charge is 0.397 e. The summed E-state index contributed by atoms with van der Waals surface area (Å²) in [6, 6.07) is 1.62. The molecule has 0 aliphatic rings. The van der Waals surface area contributed by atoms with Gasteiger partial charge in [-0.2, -0.15) is 0 Å². The number of hydrogen-bond acceptors (Lipinski definition) is 4. The smallest absolute Gasteiger partial charge is 0.267 e. The van der Waals surface area contributed by atoms with Crippen LogP contribution in [0.4, 0.5) is 5.69 Å². The SMILES string of the molecule is Nc1cnc2s[nH]c(=O)c2c1. The van der Waals surface area contributed by atoms with E-state index in [-0.39, 0.29) is 5.56 Å². The molecule has 0 unspecified atom stereocenters. The third kappa shape index (κ3) is 0.894. The van der Waals surface area contributed by atoms with Gasteiger partial charge in [-0.1, -0.05) is 0 Å². The van der Waals surface area contributed by atoms with Crippen LogP contribution in [0.2, 0.25) is 0 Å². The van der Waals surface area contributed by atoms with E-state index in [1.54, 1.807) is 6.07 Å². The average Bonchev–Trinajstić information content (AvgIpc) is 2.33. The second-order valence-corrected chi connectivity index (χ2v) is 2.95. The molecule has 56 valence electrons. The molecule has 4 nitrogen and oxygen atoms in total. The van der Waals surface area contributed by atoms with Gasteiger partial charge in [-0.25, -0.2) is 4.98 Å². The lowest BCUT2D eigenvalue weighted by atomic mass is 10.3. The van der Waals surface area contributed by atoms with E-state index in [0.717, 1.165) is 0 Å². The van der Waals surface area contributed by atoms with Gasteiger partial charge in [0.25, 0.3) is 5.56 Å². The average molecular weight is 167 g/mol. The second kappa shape index (κ2) is 2.06. The second-order valence-electron chi connectivity index (χ2n) is 2.15. The minimum Gasteiger partial charge on any atom is -0.397 e. The summed E-state index contributed by atoms with van der Waals surface area (Å²) in [4.78, 5) is 15.7. The standard InChI is InChI=1S/C6H5N3OS/c7-3-1-4-5(10)9-11-6(4)8-2-3/h1-2H,7H2,(H,9,10). The molecular weight excluding hydrogens is 162 g/mol. The lowest BCUT2D eigenvalue weighted by Crippen LogP contribution is -1.97. The maximum atomic E-state index is 11.0. The third-order valence-corrected chi connectivity index (χ3v) is 2.16. The van der Waals surface area contributed by atoms with Gasteiger partial charge in [0.05, 0.1) is 17.3 Å². The van der Waals surface area contributed by atoms with Gasteiger partial charge in [0.15, 0.2) is 0 Å². The Morgan fingerprint density at radius 2 is 2.45 bits per heavy atom. The molecule has 2 rings (SSSR count). The van der Waals surface area contributed by atoms with E-state index in [1.807, 2.05) is 0 Å². The Labute approximate surface area is 65.8 Å². The molecule has 0 aliphatic heterocycles. The van der Waals surface area contributed by atoms with Crippen LogP contribution in [0.15, 0.2) is 17.1 Å². The van der Waals surface area contributed by atoms with Gasteiger partial charge in [0, 0.05) is 0 Å². The fourth-order valence-electron chi connectivity index (χ4n) is 0.862. The number of nitrogens with zero attached hydrogens (tertiary/aromatic N) is 1. The van der Waals surface area contributed by atoms with E-state index in [1.165, 1.54) is 17.7 Å². The van der Waals surface area contributed by atoms with Crippen molar-refractivity contribution in [2.45, 2.75) is 0 Å². The van der Waals surface area contributed by atoms with E-state index < -0.39 is 0 Å². The first-order valence-electron chi connectivity index (χ1n) is 3.00. The molecule has 5 heteroatoms. The summed E-state index contributed by atoms with van der Waals surface area (Å²) in [5, 5.41) is 0.565. The first kappa shape index (κ1) is 6.36. The molecule has 0 amide bonds. The molecule has 0 saturated carbocycles. The number of nitrogen functional groups attached to an aromatic ring is 1. The van der Waals surface area contributed by atoms with Gasteiger partial charge < -0.3 is 5.73 Å². The Kier molecular flexibility index (Phi) is 1.19. The highest BCUT2D eigenvalue weighted by molar-refractivity contribution is 7.12. The molecule has 2 aromatic rings. The minimum atomic E-state index is -0.121. The highest BCUT2D eigenvalue weighted by atomic mass is 32.1.